The van der Waals surface area contributed by atoms with Gasteiger partial charge >= 0.3 is 6.09 Å². The first-order valence-corrected chi connectivity index (χ1v) is 10.7. The molecule has 30 heavy (non-hydrogen) atoms. The van der Waals surface area contributed by atoms with E-state index in [4.69, 9.17) is 4.74 Å². The summed E-state index contributed by atoms with van der Waals surface area (Å²) >= 11 is 1.35. The number of rotatable bonds is 8. The van der Waals surface area contributed by atoms with E-state index in [-0.39, 0.29) is 18.4 Å². The molecule has 2 aromatic carbocycles. The molecule has 0 unspecified atom stereocenters. The number of anilines is 1. The van der Waals surface area contributed by atoms with Crippen molar-refractivity contribution >= 4 is 28.5 Å². The second kappa shape index (κ2) is 10.5. The van der Waals surface area contributed by atoms with E-state index in [0.717, 1.165) is 16.8 Å². The topological polar surface area (TPSA) is 80.3 Å². The zero-order chi connectivity index (χ0) is 21.3. The number of nitrogens with zero attached hydrogens (tertiary/aromatic N) is 1. The lowest BCUT2D eigenvalue weighted by atomic mass is 10.0. The van der Waals surface area contributed by atoms with Crippen molar-refractivity contribution < 1.29 is 14.3 Å². The van der Waals surface area contributed by atoms with Crippen molar-refractivity contribution in [1.82, 2.24) is 10.3 Å². The van der Waals surface area contributed by atoms with E-state index in [2.05, 4.69) is 15.6 Å². The van der Waals surface area contributed by atoms with E-state index in [1.165, 1.54) is 11.3 Å². The van der Waals surface area contributed by atoms with E-state index in [1.807, 2.05) is 79.9 Å². The largest absolute Gasteiger partial charge is 0.445 e. The molecule has 0 aliphatic heterocycles. The summed E-state index contributed by atoms with van der Waals surface area (Å²) in [7, 11) is 0. The predicted octanol–water partition coefficient (Wildman–Crippen LogP) is 5.09. The van der Waals surface area contributed by atoms with Gasteiger partial charge in [0.05, 0.1) is 5.69 Å². The van der Waals surface area contributed by atoms with Crippen LogP contribution in [0.5, 0.6) is 0 Å². The van der Waals surface area contributed by atoms with E-state index in [9.17, 15) is 9.59 Å². The number of aromatic nitrogens is 1. The fourth-order valence-corrected chi connectivity index (χ4v) is 3.60. The smallest absolute Gasteiger partial charge is 0.408 e. The lowest BCUT2D eigenvalue weighted by Gasteiger charge is -2.19. The maximum atomic E-state index is 12.8. The van der Waals surface area contributed by atoms with Gasteiger partial charge in [0.15, 0.2) is 5.13 Å². The van der Waals surface area contributed by atoms with Gasteiger partial charge in [-0.25, -0.2) is 9.78 Å². The van der Waals surface area contributed by atoms with Gasteiger partial charge in [-0.05, 0) is 17.9 Å². The van der Waals surface area contributed by atoms with Crippen LogP contribution in [0.3, 0.4) is 0 Å². The Morgan fingerprint density at radius 2 is 1.70 bits per heavy atom. The molecule has 7 heteroatoms. The number of ether oxygens (including phenoxy) is 1. The molecule has 1 heterocycles. The summed E-state index contributed by atoms with van der Waals surface area (Å²) in [6, 6.07) is 18.4. The molecule has 0 saturated heterocycles. The summed E-state index contributed by atoms with van der Waals surface area (Å²) in [4.78, 5) is 29.5. The van der Waals surface area contributed by atoms with Crippen LogP contribution in [-0.4, -0.2) is 23.0 Å². The van der Waals surface area contributed by atoms with Crippen molar-refractivity contribution in [2.45, 2.75) is 32.9 Å². The maximum Gasteiger partial charge on any atom is 0.408 e. The van der Waals surface area contributed by atoms with Crippen LogP contribution >= 0.6 is 11.3 Å². The van der Waals surface area contributed by atoms with Crippen molar-refractivity contribution in [3.63, 3.8) is 0 Å². The second-order valence-corrected chi connectivity index (χ2v) is 8.14. The molecule has 0 saturated carbocycles. The minimum atomic E-state index is -0.711. The van der Waals surface area contributed by atoms with Crippen molar-refractivity contribution in [1.29, 1.82) is 0 Å². The average Bonchev–Trinajstić information content (AvgIpc) is 3.21. The molecule has 6 nitrogen and oxygen atoms in total. The molecular formula is C23H25N3O3S. The number of alkyl carbamates (subject to hydrolysis) is 1. The monoisotopic (exact) mass is 423 g/mol. The molecule has 1 aromatic heterocycles. The molecule has 2 amide bonds. The highest BCUT2D eigenvalue weighted by Gasteiger charge is 2.23. The molecule has 0 aliphatic carbocycles. The minimum Gasteiger partial charge on any atom is -0.445 e. The van der Waals surface area contributed by atoms with Gasteiger partial charge in [-0.2, -0.15) is 0 Å². The number of carbonyl (C=O) groups excluding carboxylic acids is 2. The van der Waals surface area contributed by atoms with Gasteiger partial charge in [0, 0.05) is 10.9 Å². The number of hydrogen-bond donors (Lipinski definition) is 2. The van der Waals surface area contributed by atoms with Crippen LogP contribution in [0.15, 0.2) is 66.0 Å². The van der Waals surface area contributed by atoms with E-state index >= 15 is 0 Å². The Morgan fingerprint density at radius 1 is 1.03 bits per heavy atom. The van der Waals surface area contributed by atoms with Crippen LogP contribution in [0.25, 0.3) is 11.3 Å². The van der Waals surface area contributed by atoms with Gasteiger partial charge in [0.2, 0.25) is 5.91 Å². The molecule has 0 radical (unpaired) electrons. The molecule has 3 aromatic rings. The highest BCUT2D eigenvalue weighted by molar-refractivity contribution is 7.14. The molecule has 0 spiro atoms. The van der Waals surface area contributed by atoms with Crippen molar-refractivity contribution in [2.75, 3.05) is 5.32 Å². The Labute approximate surface area is 180 Å². The summed E-state index contributed by atoms with van der Waals surface area (Å²) in [5, 5.41) is 7.88. The summed E-state index contributed by atoms with van der Waals surface area (Å²) in [5.74, 6) is -0.0966. The Hall–Kier alpha value is -3.19. The molecule has 0 fully saturated rings. The fourth-order valence-electron chi connectivity index (χ4n) is 2.88. The first-order chi connectivity index (χ1) is 14.5. The van der Waals surface area contributed by atoms with Gasteiger partial charge in [0.1, 0.15) is 12.6 Å². The number of amides is 2. The number of hydrogen-bond acceptors (Lipinski definition) is 5. The zero-order valence-corrected chi connectivity index (χ0v) is 17.8. The van der Waals surface area contributed by atoms with Gasteiger partial charge in [0.25, 0.3) is 0 Å². The normalized spacial score (nSPS) is 11.7. The third kappa shape index (κ3) is 6.42. The van der Waals surface area contributed by atoms with Gasteiger partial charge < -0.3 is 15.4 Å². The van der Waals surface area contributed by atoms with Gasteiger partial charge in [-0.3, -0.25) is 4.79 Å². The number of carbonyl (C=O) groups is 2. The standard InChI is InChI=1S/C23H25N3O3S/c1-16(2)13-19(25-23(28)29-14-17-9-5-3-6-10-17)21(27)26-22-24-20(15-30-22)18-11-7-4-8-12-18/h3-12,15-16,19H,13-14H2,1-2H3,(H,25,28)(H,24,26,27)/t19-/m0/s1. The van der Waals surface area contributed by atoms with Crippen molar-refractivity contribution in [2.24, 2.45) is 5.92 Å². The average molecular weight is 424 g/mol. The highest BCUT2D eigenvalue weighted by atomic mass is 32.1. The van der Waals surface area contributed by atoms with E-state index in [1.54, 1.807) is 0 Å². The molecule has 1 atom stereocenters. The maximum absolute atomic E-state index is 12.8. The molecule has 2 N–H and O–H groups in total. The lowest BCUT2D eigenvalue weighted by Crippen LogP contribution is -2.44. The molecule has 3 rings (SSSR count). The van der Waals surface area contributed by atoms with Crippen molar-refractivity contribution in [3.8, 4) is 11.3 Å². The Bertz CT molecular complexity index is 958. The van der Waals surface area contributed by atoms with Crippen LogP contribution in [-0.2, 0) is 16.1 Å². The predicted molar refractivity (Wildman–Crippen MR) is 119 cm³/mol. The Balaban J connectivity index is 1.59. The van der Waals surface area contributed by atoms with Crippen LogP contribution < -0.4 is 10.6 Å². The highest BCUT2D eigenvalue weighted by Crippen LogP contribution is 2.24. The number of benzene rings is 2. The summed E-state index contributed by atoms with van der Waals surface area (Å²) in [5.41, 5.74) is 2.66. The Morgan fingerprint density at radius 3 is 2.37 bits per heavy atom. The second-order valence-electron chi connectivity index (χ2n) is 7.28. The van der Waals surface area contributed by atoms with E-state index in [0.29, 0.717) is 11.6 Å². The van der Waals surface area contributed by atoms with Crippen LogP contribution in [0, 0.1) is 5.92 Å². The van der Waals surface area contributed by atoms with Crippen LogP contribution in [0.4, 0.5) is 9.93 Å². The third-order valence-corrected chi connectivity index (χ3v) is 5.09. The number of nitrogens with one attached hydrogen (secondary N) is 2. The summed E-state index contributed by atoms with van der Waals surface area (Å²) < 4.78 is 5.26. The molecule has 0 bridgehead atoms. The number of thiazole rings is 1. The SMILES string of the molecule is CC(C)C[C@H](NC(=O)OCc1ccccc1)C(=O)Nc1nc(-c2ccccc2)cs1. The first kappa shape index (κ1) is 21.5. The lowest BCUT2D eigenvalue weighted by molar-refractivity contribution is -0.118. The molecule has 0 aliphatic rings. The summed E-state index contributed by atoms with van der Waals surface area (Å²) in [6.45, 7) is 4.14. The molecular weight excluding hydrogens is 398 g/mol. The van der Waals surface area contributed by atoms with Crippen molar-refractivity contribution in [3.05, 3.63) is 71.6 Å². The minimum absolute atomic E-state index is 0.148. The van der Waals surface area contributed by atoms with Crippen LogP contribution in [0.1, 0.15) is 25.8 Å². The zero-order valence-electron chi connectivity index (χ0n) is 17.0. The van der Waals surface area contributed by atoms with Crippen LogP contribution in [0.2, 0.25) is 0 Å². The quantitative estimate of drug-likeness (QED) is 0.529. The van der Waals surface area contributed by atoms with E-state index < -0.39 is 12.1 Å². The van der Waals surface area contributed by atoms with Gasteiger partial charge in [-0.15, -0.1) is 11.3 Å². The third-order valence-electron chi connectivity index (χ3n) is 4.33. The Kier molecular flexibility index (Phi) is 7.57. The first-order valence-electron chi connectivity index (χ1n) is 9.80. The molecule has 156 valence electrons. The summed E-state index contributed by atoms with van der Waals surface area (Å²) in [6.07, 6.45) is -0.132. The fraction of sp³-hybridized carbons (Fsp3) is 0.261. The van der Waals surface area contributed by atoms with Gasteiger partial charge in [-0.1, -0.05) is 74.5 Å².